The lowest BCUT2D eigenvalue weighted by atomic mass is 10.1. The average molecular weight is 183 g/mol. The van der Waals surface area contributed by atoms with Crippen molar-refractivity contribution in [3.05, 3.63) is 11.6 Å². The average Bonchev–Trinajstić information content (AvgIpc) is 2.03. The summed E-state index contributed by atoms with van der Waals surface area (Å²) in [6.45, 7) is 5.07. The van der Waals surface area contributed by atoms with Gasteiger partial charge in [-0.15, -0.1) is 0 Å². The molecule has 0 saturated carbocycles. The molecule has 0 aliphatic carbocycles. The third kappa shape index (κ3) is 3.19. The van der Waals surface area contributed by atoms with Crippen LogP contribution in [0.3, 0.4) is 0 Å². The van der Waals surface area contributed by atoms with E-state index in [2.05, 4.69) is 0 Å². The van der Waals surface area contributed by atoms with Crippen LogP contribution in [0.4, 0.5) is 0 Å². The molecule has 0 spiro atoms. The van der Waals surface area contributed by atoms with Crippen LogP contribution in [0.2, 0.25) is 0 Å². The van der Waals surface area contributed by atoms with Gasteiger partial charge in [-0.25, -0.2) is 0 Å². The Balaban J connectivity index is 2.51. The zero-order chi connectivity index (χ0) is 9.84. The van der Waals surface area contributed by atoms with Crippen molar-refractivity contribution in [2.75, 3.05) is 13.1 Å². The molecule has 0 aromatic heterocycles. The van der Waals surface area contributed by atoms with E-state index in [0.29, 0.717) is 6.54 Å². The first-order valence-corrected chi connectivity index (χ1v) is 4.71. The lowest BCUT2D eigenvalue weighted by molar-refractivity contribution is -0.129. The van der Waals surface area contributed by atoms with Gasteiger partial charge in [-0.1, -0.05) is 5.57 Å². The van der Waals surface area contributed by atoms with Gasteiger partial charge < -0.3 is 10.0 Å². The summed E-state index contributed by atoms with van der Waals surface area (Å²) in [5.41, 5.74) is 1.00. The van der Waals surface area contributed by atoms with E-state index in [1.165, 1.54) is 0 Å². The Kier molecular flexibility index (Phi) is 3.48. The van der Waals surface area contributed by atoms with E-state index < -0.39 is 0 Å². The van der Waals surface area contributed by atoms with E-state index in [1.54, 1.807) is 11.0 Å². The lowest BCUT2D eigenvalue weighted by Crippen LogP contribution is -2.41. The second-order valence-electron chi connectivity index (χ2n) is 3.80. The molecule has 1 saturated heterocycles. The highest BCUT2D eigenvalue weighted by molar-refractivity contribution is 5.88. The summed E-state index contributed by atoms with van der Waals surface area (Å²) in [4.78, 5) is 13.2. The van der Waals surface area contributed by atoms with Crippen LogP contribution in [-0.2, 0) is 4.79 Å². The topological polar surface area (TPSA) is 40.5 Å². The van der Waals surface area contributed by atoms with Crippen LogP contribution in [0, 0.1) is 0 Å². The van der Waals surface area contributed by atoms with E-state index in [9.17, 15) is 9.90 Å². The Bertz CT molecular complexity index is 219. The Morgan fingerprint density at radius 3 is 2.77 bits per heavy atom. The molecule has 0 bridgehead atoms. The molecule has 0 aromatic carbocycles. The van der Waals surface area contributed by atoms with Gasteiger partial charge in [0.25, 0.3) is 0 Å². The molecule has 0 radical (unpaired) electrons. The number of allylic oxidation sites excluding steroid dienone is 1. The fourth-order valence-electron chi connectivity index (χ4n) is 1.49. The van der Waals surface area contributed by atoms with Crippen molar-refractivity contribution in [1.82, 2.24) is 4.90 Å². The molecule has 1 amide bonds. The molecule has 3 heteroatoms. The minimum Gasteiger partial charge on any atom is -0.391 e. The number of hydrogen-bond donors (Lipinski definition) is 1. The zero-order valence-corrected chi connectivity index (χ0v) is 8.29. The van der Waals surface area contributed by atoms with Crippen molar-refractivity contribution in [1.29, 1.82) is 0 Å². The highest BCUT2D eigenvalue weighted by atomic mass is 16.3. The predicted octanol–water partition coefficient (Wildman–Crippen LogP) is 0.936. The monoisotopic (exact) mass is 183 g/mol. The summed E-state index contributed by atoms with van der Waals surface area (Å²) in [7, 11) is 0. The molecule has 1 rings (SSSR count). The van der Waals surface area contributed by atoms with E-state index in [1.807, 2.05) is 13.8 Å². The molecular formula is C10H17NO2. The van der Waals surface area contributed by atoms with Gasteiger partial charge in [-0.05, 0) is 26.7 Å². The predicted molar refractivity (Wildman–Crippen MR) is 51.3 cm³/mol. The number of rotatable bonds is 1. The van der Waals surface area contributed by atoms with Gasteiger partial charge in [-0.2, -0.15) is 0 Å². The van der Waals surface area contributed by atoms with E-state index in [4.69, 9.17) is 0 Å². The van der Waals surface area contributed by atoms with Gasteiger partial charge in [0.05, 0.1) is 6.10 Å². The molecule has 1 aliphatic heterocycles. The largest absolute Gasteiger partial charge is 0.391 e. The molecular weight excluding hydrogens is 166 g/mol. The van der Waals surface area contributed by atoms with Gasteiger partial charge in [0.15, 0.2) is 0 Å². The molecule has 1 N–H and O–H groups in total. The highest BCUT2D eigenvalue weighted by Gasteiger charge is 2.20. The van der Waals surface area contributed by atoms with Crippen LogP contribution in [0.5, 0.6) is 0 Å². The number of carbonyl (C=O) groups is 1. The van der Waals surface area contributed by atoms with Crippen LogP contribution >= 0.6 is 0 Å². The Morgan fingerprint density at radius 1 is 1.54 bits per heavy atom. The number of β-amino-alcohol motifs (C(OH)–C–C–N with tert-alkyl or cyclic N) is 1. The minimum atomic E-state index is -0.330. The third-order valence-electron chi connectivity index (χ3n) is 2.12. The molecule has 1 fully saturated rings. The molecule has 0 unspecified atom stereocenters. The number of aliphatic hydroxyl groups excluding tert-OH is 1. The van der Waals surface area contributed by atoms with Gasteiger partial charge >= 0.3 is 0 Å². The Hall–Kier alpha value is -0.830. The fourth-order valence-corrected chi connectivity index (χ4v) is 1.49. The maximum atomic E-state index is 11.5. The molecule has 74 valence electrons. The number of carbonyl (C=O) groups excluding carboxylic acids is 1. The second-order valence-corrected chi connectivity index (χ2v) is 3.80. The van der Waals surface area contributed by atoms with Crippen LogP contribution in [-0.4, -0.2) is 35.1 Å². The fraction of sp³-hybridized carbons (Fsp3) is 0.700. The van der Waals surface area contributed by atoms with Crippen molar-refractivity contribution in [2.45, 2.75) is 32.8 Å². The highest BCUT2D eigenvalue weighted by Crippen LogP contribution is 2.10. The van der Waals surface area contributed by atoms with Gasteiger partial charge in [0.2, 0.25) is 5.91 Å². The molecule has 0 aromatic rings. The minimum absolute atomic E-state index is 0.0266. The molecule has 1 heterocycles. The van der Waals surface area contributed by atoms with Gasteiger partial charge in [-0.3, -0.25) is 4.79 Å². The SMILES string of the molecule is CC(C)=CC(=O)N1CCC[C@H](O)C1. The van der Waals surface area contributed by atoms with Crippen LogP contribution in [0.25, 0.3) is 0 Å². The summed E-state index contributed by atoms with van der Waals surface area (Å²) in [6.07, 6.45) is 3.02. The maximum absolute atomic E-state index is 11.5. The Morgan fingerprint density at radius 2 is 2.23 bits per heavy atom. The van der Waals surface area contributed by atoms with E-state index in [-0.39, 0.29) is 12.0 Å². The van der Waals surface area contributed by atoms with Gasteiger partial charge in [0.1, 0.15) is 0 Å². The quantitative estimate of drug-likeness (QED) is 0.614. The summed E-state index contributed by atoms with van der Waals surface area (Å²) < 4.78 is 0. The number of likely N-dealkylation sites (tertiary alicyclic amines) is 1. The second kappa shape index (κ2) is 4.42. The lowest BCUT2D eigenvalue weighted by Gasteiger charge is -2.29. The van der Waals surface area contributed by atoms with Crippen LogP contribution in [0.1, 0.15) is 26.7 Å². The number of nitrogens with zero attached hydrogens (tertiary/aromatic N) is 1. The molecule has 13 heavy (non-hydrogen) atoms. The van der Waals surface area contributed by atoms with Crippen LogP contribution < -0.4 is 0 Å². The summed E-state index contributed by atoms with van der Waals surface area (Å²) in [5.74, 6) is 0.0266. The van der Waals surface area contributed by atoms with Crippen molar-refractivity contribution in [3.8, 4) is 0 Å². The zero-order valence-electron chi connectivity index (χ0n) is 8.29. The normalized spacial score (nSPS) is 22.7. The summed E-state index contributed by atoms with van der Waals surface area (Å²) >= 11 is 0. The molecule has 3 nitrogen and oxygen atoms in total. The first-order valence-electron chi connectivity index (χ1n) is 4.71. The van der Waals surface area contributed by atoms with Crippen molar-refractivity contribution < 1.29 is 9.90 Å². The number of piperidine rings is 1. The van der Waals surface area contributed by atoms with Crippen molar-refractivity contribution >= 4 is 5.91 Å². The van der Waals surface area contributed by atoms with E-state index >= 15 is 0 Å². The maximum Gasteiger partial charge on any atom is 0.246 e. The van der Waals surface area contributed by atoms with Gasteiger partial charge in [0, 0.05) is 19.2 Å². The third-order valence-corrected chi connectivity index (χ3v) is 2.12. The van der Waals surface area contributed by atoms with E-state index in [0.717, 1.165) is 25.0 Å². The standard InChI is InChI=1S/C10H17NO2/c1-8(2)6-10(13)11-5-3-4-9(12)7-11/h6,9,12H,3-5,7H2,1-2H3/t9-/m0/s1. The molecule has 1 atom stereocenters. The Labute approximate surface area is 79.0 Å². The molecule has 1 aliphatic rings. The number of aliphatic hydroxyl groups is 1. The smallest absolute Gasteiger partial charge is 0.246 e. The van der Waals surface area contributed by atoms with Crippen molar-refractivity contribution in [2.24, 2.45) is 0 Å². The number of hydrogen-bond acceptors (Lipinski definition) is 2. The summed E-state index contributed by atoms with van der Waals surface area (Å²) in [5, 5.41) is 9.35. The van der Waals surface area contributed by atoms with Crippen molar-refractivity contribution in [3.63, 3.8) is 0 Å². The number of amides is 1. The summed E-state index contributed by atoms with van der Waals surface area (Å²) in [6, 6.07) is 0. The van der Waals surface area contributed by atoms with Crippen LogP contribution in [0.15, 0.2) is 11.6 Å². The first-order chi connectivity index (χ1) is 6.09. The first kappa shape index (κ1) is 10.3.